The number of halogens is 1. The lowest BCUT2D eigenvalue weighted by Crippen LogP contribution is -2.26. The molecule has 6 nitrogen and oxygen atoms in total. The Morgan fingerprint density at radius 2 is 2.17 bits per heavy atom. The molecule has 0 radical (unpaired) electrons. The number of nitrogens with zero attached hydrogens (tertiary/aromatic N) is 4. The summed E-state index contributed by atoms with van der Waals surface area (Å²) in [4.78, 5) is 17.1. The van der Waals surface area contributed by atoms with Gasteiger partial charge in [0.25, 0.3) is 5.69 Å². The van der Waals surface area contributed by atoms with Crippen LogP contribution in [0.3, 0.4) is 0 Å². The summed E-state index contributed by atoms with van der Waals surface area (Å²) < 4.78 is 0. The molecule has 1 aliphatic rings. The van der Waals surface area contributed by atoms with E-state index >= 15 is 0 Å². The summed E-state index contributed by atoms with van der Waals surface area (Å²) >= 11 is 6.25. The molecular formula is C16H13ClN4O2. The third kappa shape index (κ3) is 3.25. The first-order valence-corrected chi connectivity index (χ1v) is 7.52. The Labute approximate surface area is 138 Å². The van der Waals surface area contributed by atoms with Crippen molar-refractivity contribution in [3.05, 3.63) is 62.8 Å². The number of benzene rings is 1. The normalized spacial score (nSPS) is 13.4. The number of hydrogen-bond donors (Lipinski definition) is 0. The second kappa shape index (κ2) is 6.23. The Hall–Kier alpha value is -2.65. The van der Waals surface area contributed by atoms with Gasteiger partial charge in [-0.3, -0.25) is 10.1 Å². The molecular weight excluding hydrogens is 316 g/mol. The quantitative estimate of drug-likeness (QED) is 0.617. The van der Waals surface area contributed by atoms with Crippen LogP contribution in [0.25, 0.3) is 0 Å². The van der Waals surface area contributed by atoms with Crippen molar-refractivity contribution in [2.75, 3.05) is 4.90 Å². The lowest BCUT2D eigenvalue weighted by Gasteiger charge is -2.24. The first-order valence-electron chi connectivity index (χ1n) is 7.14. The first kappa shape index (κ1) is 15.3. The Bertz CT molecular complexity index is 799. The van der Waals surface area contributed by atoms with E-state index in [1.54, 1.807) is 24.3 Å². The minimum Gasteiger partial charge on any atom is -0.348 e. The van der Waals surface area contributed by atoms with Gasteiger partial charge in [0.05, 0.1) is 22.1 Å². The van der Waals surface area contributed by atoms with E-state index in [9.17, 15) is 10.1 Å². The van der Waals surface area contributed by atoms with Crippen molar-refractivity contribution in [1.82, 2.24) is 4.98 Å². The van der Waals surface area contributed by atoms with E-state index in [0.29, 0.717) is 28.5 Å². The van der Waals surface area contributed by atoms with Crippen molar-refractivity contribution in [2.24, 2.45) is 0 Å². The topological polar surface area (TPSA) is 83.1 Å². The lowest BCUT2D eigenvalue weighted by molar-refractivity contribution is -0.385. The molecule has 0 saturated heterocycles. The Morgan fingerprint density at radius 1 is 1.43 bits per heavy atom. The van der Waals surface area contributed by atoms with E-state index in [-0.39, 0.29) is 16.7 Å². The van der Waals surface area contributed by atoms with Crippen molar-refractivity contribution >= 4 is 23.1 Å². The Morgan fingerprint density at radius 3 is 2.78 bits per heavy atom. The maximum absolute atomic E-state index is 11.2. The van der Waals surface area contributed by atoms with Crippen LogP contribution in [-0.2, 0) is 6.54 Å². The molecule has 0 amide bonds. The SMILES string of the molecule is N#Cc1cnc(N(Cc2ccccc2[N+](=O)[O-])C2CC2)c(Cl)c1. The van der Waals surface area contributed by atoms with Gasteiger partial charge in [-0.05, 0) is 18.9 Å². The number of nitro groups is 1. The molecule has 0 bridgehead atoms. The predicted octanol–water partition coefficient (Wildman–Crippen LogP) is 3.68. The molecule has 0 atom stereocenters. The van der Waals surface area contributed by atoms with Gasteiger partial charge in [0.15, 0.2) is 0 Å². The summed E-state index contributed by atoms with van der Waals surface area (Å²) in [7, 11) is 0. The van der Waals surface area contributed by atoms with Gasteiger partial charge in [-0.1, -0.05) is 29.8 Å². The molecule has 1 heterocycles. The minimum absolute atomic E-state index is 0.0860. The monoisotopic (exact) mass is 328 g/mol. The summed E-state index contributed by atoms with van der Waals surface area (Å²) in [5.41, 5.74) is 1.09. The summed E-state index contributed by atoms with van der Waals surface area (Å²) in [6, 6.07) is 10.5. The molecule has 0 spiro atoms. The standard InChI is InChI=1S/C16H13ClN4O2/c17-14-7-11(8-18)9-19-16(14)20(13-5-6-13)10-12-3-1-2-4-15(12)21(22)23/h1-4,7,9,13H,5-6,10H2. The van der Waals surface area contributed by atoms with Crippen LogP contribution in [0.15, 0.2) is 36.5 Å². The van der Waals surface area contributed by atoms with Gasteiger partial charge in [-0.25, -0.2) is 4.98 Å². The summed E-state index contributed by atoms with van der Waals surface area (Å²) in [6.07, 6.45) is 3.47. The molecule has 116 valence electrons. The molecule has 0 N–H and O–H groups in total. The molecule has 1 aliphatic carbocycles. The van der Waals surface area contributed by atoms with E-state index in [1.807, 2.05) is 11.0 Å². The van der Waals surface area contributed by atoms with Crippen molar-refractivity contribution in [1.29, 1.82) is 5.26 Å². The van der Waals surface area contributed by atoms with Crippen LogP contribution in [0.4, 0.5) is 11.5 Å². The highest BCUT2D eigenvalue weighted by molar-refractivity contribution is 6.33. The lowest BCUT2D eigenvalue weighted by atomic mass is 10.1. The number of hydrogen-bond acceptors (Lipinski definition) is 5. The summed E-state index contributed by atoms with van der Waals surface area (Å²) in [5, 5.41) is 20.5. The van der Waals surface area contributed by atoms with Crippen LogP contribution in [0.5, 0.6) is 0 Å². The van der Waals surface area contributed by atoms with Crippen molar-refractivity contribution in [3.8, 4) is 6.07 Å². The van der Waals surface area contributed by atoms with Gasteiger partial charge < -0.3 is 4.90 Å². The van der Waals surface area contributed by atoms with E-state index < -0.39 is 0 Å². The van der Waals surface area contributed by atoms with E-state index in [0.717, 1.165) is 12.8 Å². The van der Waals surface area contributed by atoms with Crippen LogP contribution < -0.4 is 4.90 Å². The van der Waals surface area contributed by atoms with Crippen LogP contribution in [0, 0.1) is 21.4 Å². The highest BCUT2D eigenvalue weighted by atomic mass is 35.5. The molecule has 1 aromatic carbocycles. The zero-order valence-electron chi connectivity index (χ0n) is 12.1. The van der Waals surface area contributed by atoms with Gasteiger partial charge >= 0.3 is 0 Å². The number of pyridine rings is 1. The number of aromatic nitrogens is 1. The fraction of sp³-hybridized carbons (Fsp3) is 0.250. The molecule has 0 unspecified atom stereocenters. The molecule has 7 heteroatoms. The number of para-hydroxylation sites is 1. The number of anilines is 1. The molecule has 1 fully saturated rings. The van der Waals surface area contributed by atoms with Crippen molar-refractivity contribution in [2.45, 2.75) is 25.4 Å². The second-order valence-corrected chi connectivity index (χ2v) is 5.79. The third-order valence-electron chi connectivity index (χ3n) is 3.74. The smallest absolute Gasteiger partial charge is 0.274 e. The van der Waals surface area contributed by atoms with E-state index in [4.69, 9.17) is 16.9 Å². The van der Waals surface area contributed by atoms with Gasteiger partial charge in [-0.2, -0.15) is 5.26 Å². The fourth-order valence-corrected chi connectivity index (χ4v) is 2.75. The largest absolute Gasteiger partial charge is 0.348 e. The van der Waals surface area contributed by atoms with Crippen LogP contribution >= 0.6 is 11.6 Å². The number of rotatable bonds is 5. The van der Waals surface area contributed by atoms with Gasteiger partial charge in [0.1, 0.15) is 11.9 Å². The van der Waals surface area contributed by atoms with Crippen LogP contribution in [-0.4, -0.2) is 15.9 Å². The average Bonchev–Trinajstić information content (AvgIpc) is 3.38. The van der Waals surface area contributed by atoms with Crippen molar-refractivity contribution in [3.63, 3.8) is 0 Å². The number of nitriles is 1. The van der Waals surface area contributed by atoms with Crippen LogP contribution in [0.2, 0.25) is 5.02 Å². The summed E-state index contributed by atoms with van der Waals surface area (Å²) in [5.74, 6) is 0.561. The molecule has 3 rings (SSSR count). The van der Waals surface area contributed by atoms with E-state index in [2.05, 4.69) is 4.98 Å². The van der Waals surface area contributed by atoms with E-state index in [1.165, 1.54) is 12.3 Å². The maximum Gasteiger partial charge on any atom is 0.274 e. The molecule has 23 heavy (non-hydrogen) atoms. The Balaban J connectivity index is 1.95. The average molecular weight is 329 g/mol. The number of nitro benzene ring substituents is 1. The zero-order chi connectivity index (χ0) is 16.4. The Kier molecular flexibility index (Phi) is 4.13. The fourth-order valence-electron chi connectivity index (χ4n) is 2.47. The van der Waals surface area contributed by atoms with Crippen LogP contribution in [0.1, 0.15) is 24.0 Å². The maximum atomic E-state index is 11.2. The molecule has 1 saturated carbocycles. The van der Waals surface area contributed by atoms with Gasteiger partial charge in [0.2, 0.25) is 0 Å². The molecule has 0 aliphatic heterocycles. The zero-order valence-corrected chi connectivity index (χ0v) is 12.9. The van der Waals surface area contributed by atoms with Gasteiger partial charge in [-0.15, -0.1) is 0 Å². The summed E-state index contributed by atoms with van der Waals surface area (Å²) in [6.45, 7) is 0.362. The first-order chi connectivity index (χ1) is 11.1. The minimum atomic E-state index is -0.381. The predicted molar refractivity (Wildman–Crippen MR) is 86.3 cm³/mol. The molecule has 1 aromatic heterocycles. The highest BCUT2D eigenvalue weighted by Crippen LogP contribution is 2.36. The highest BCUT2D eigenvalue weighted by Gasteiger charge is 2.32. The van der Waals surface area contributed by atoms with Crippen molar-refractivity contribution < 1.29 is 4.92 Å². The molecule has 2 aromatic rings. The van der Waals surface area contributed by atoms with Gasteiger partial charge in [0, 0.05) is 23.9 Å². The second-order valence-electron chi connectivity index (χ2n) is 5.39. The third-order valence-corrected chi connectivity index (χ3v) is 4.02.